The van der Waals surface area contributed by atoms with Crippen LogP contribution in [-0.2, 0) is 4.79 Å². The van der Waals surface area contributed by atoms with E-state index in [-0.39, 0.29) is 5.75 Å². The zero-order valence-electron chi connectivity index (χ0n) is 15.8. The molecule has 0 aliphatic carbocycles. The number of nitrogens with two attached hydrogens (primary N) is 1. The number of carboxylic acids is 2. The van der Waals surface area contributed by atoms with Crippen molar-refractivity contribution in [1.82, 2.24) is 0 Å². The Morgan fingerprint density at radius 1 is 0.793 bits per heavy atom. The lowest BCUT2D eigenvalue weighted by atomic mass is 10.2. The maximum atomic E-state index is 10.2. The van der Waals surface area contributed by atoms with E-state index >= 15 is 0 Å². The third-order valence-electron chi connectivity index (χ3n) is 2.85. The number of hydrogen-bond donors (Lipinski definition) is 4. The molecular formula is C22H23NO6. The largest absolute Gasteiger partial charge is 0.508 e. The van der Waals surface area contributed by atoms with Crippen molar-refractivity contribution in [3.05, 3.63) is 96.1 Å². The smallest absolute Gasteiger partial charge is 0.335 e. The fourth-order valence-electron chi connectivity index (χ4n) is 1.59. The number of nitrogen functional groups attached to an aromatic ring is 1. The number of phenols is 1. The van der Waals surface area contributed by atoms with Crippen LogP contribution in [0.2, 0.25) is 0 Å². The van der Waals surface area contributed by atoms with Crippen molar-refractivity contribution < 1.29 is 29.7 Å². The first-order chi connectivity index (χ1) is 13.8. The Morgan fingerprint density at radius 2 is 1.21 bits per heavy atom. The van der Waals surface area contributed by atoms with Crippen LogP contribution in [0.3, 0.4) is 0 Å². The predicted molar refractivity (Wildman–Crippen MR) is 111 cm³/mol. The molecule has 7 nitrogen and oxygen atoms in total. The monoisotopic (exact) mass is 397 g/mol. The molecule has 3 rings (SSSR count). The van der Waals surface area contributed by atoms with Gasteiger partial charge in [-0.05, 0) is 36.4 Å². The minimum Gasteiger partial charge on any atom is -0.508 e. The van der Waals surface area contributed by atoms with E-state index in [9.17, 15) is 9.59 Å². The second-order valence-electron chi connectivity index (χ2n) is 5.31. The highest BCUT2D eigenvalue weighted by Gasteiger charge is 1.96. The molecule has 0 saturated heterocycles. The minimum absolute atomic E-state index is 0.249. The number of hydrogen-bond acceptors (Lipinski definition) is 5. The number of aromatic hydroxyl groups is 1. The number of rotatable bonds is 2. The van der Waals surface area contributed by atoms with Crippen LogP contribution in [0.5, 0.6) is 5.75 Å². The van der Waals surface area contributed by atoms with E-state index in [1.165, 1.54) is 0 Å². The molecule has 0 unspecified atom stereocenters. The van der Waals surface area contributed by atoms with Crippen molar-refractivity contribution >= 4 is 23.9 Å². The average molecular weight is 397 g/mol. The van der Waals surface area contributed by atoms with Gasteiger partial charge in [-0.1, -0.05) is 48.5 Å². The Bertz CT molecular complexity index is 824. The number of carboxylic acid groups (broad SMARTS) is 2. The van der Waals surface area contributed by atoms with E-state index in [0.29, 0.717) is 11.3 Å². The molecule has 0 amide bonds. The molecule has 3 aromatic carbocycles. The summed E-state index contributed by atoms with van der Waals surface area (Å²) in [6, 6.07) is 23.8. The molecule has 0 aliphatic heterocycles. The summed E-state index contributed by atoms with van der Waals surface area (Å²) < 4.78 is 0. The molecule has 0 spiro atoms. The summed E-state index contributed by atoms with van der Waals surface area (Å²) >= 11 is 0. The van der Waals surface area contributed by atoms with Gasteiger partial charge in [-0.2, -0.15) is 0 Å². The Balaban J connectivity index is 0.000000373. The SMILES string of the molecule is CC(=O)O.Nc1ccc(O)cc1.O=C(O)c1ccccc1.O=Cc1ccccc1. The predicted octanol–water partition coefficient (Wildman–Crippen LogP) is 3.95. The molecular weight excluding hydrogens is 374 g/mol. The number of carbonyl (C=O) groups excluding carboxylic acids is 1. The van der Waals surface area contributed by atoms with Gasteiger partial charge in [-0.25, -0.2) is 4.79 Å². The highest BCUT2D eigenvalue weighted by Crippen LogP contribution is 2.09. The van der Waals surface area contributed by atoms with Crippen LogP contribution in [-0.4, -0.2) is 33.5 Å². The van der Waals surface area contributed by atoms with Gasteiger partial charge in [-0.3, -0.25) is 9.59 Å². The number of carbonyl (C=O) groups is 3. The first-order valence-corrected chi connectivity index (χ1v) is 8.28. The van der Waals surface area contributed by atoms with Gasteiger partial charge < -0.3 is 21.1 Å². The van der Waals surface area contributed by atoms with Crippen molar-refractivity contribution in [2.45, 2.75) is 6.92 Å². The zero-order chi connectivity index (χ0) is 22.1. The molecule has 0 atom stereocenters. The van der Waals surface area contributed by atoms with Gasteiger partial charge in [0, 0.05) is 18.2 Å². The second-order valence-corrected chi connectivity index (χ2v) is 5.31. The quantitative estimate of drug-likeness (QED) is 0.292. The summed E-state index contributed by atoms with van der Waals surface area (Å²) in [7, 11) is 0. The molecule has 0 heterocycles. The second kappa shape index (κ2) is 15.0. The van der Waals surface area contributed by atoms with Crippen molar-refractivity contribution in [2.75, 3.05) is 5.73 Å². The maximum absolute atomic E-state index is 10.2. The van der Waals surface area contributed by atoms with Crippen molar-refractivity contribution in [3.63, 3.8) is 0 Å². The summed E-state index contributed by atoms with van der Waals surface area (Å²) in [6.07, 6.45) is 0.833. The highest BCUT2D eigenvalue weighted by molar-refractivity contribution is 5.87. The van der Waals surface area contributed by atoms with Crippen LogP contribution in [0, 0.1) is 0 Å². The van der Waals surface area contributed by atoms with Gasteiger partial charge in [0.05, 0.1) is 5.56 Å². The molecule has 5 N–H and O–H groups in total. The van der Waals surface area contributed by atoms with E-state index < -0.39 is 11.9 Å². The molecule has 0 bridgehead atoms. The Morgan fingerprint density at radius 3 is 1.48 bits per heavy atom. The molecule has 0 saturated carbocycles. The Labute approximate surface area is 168 Å². The molecule has 0 fully saturated rings. The lowest BCUT2D eigenvalue weighted by Gasteiger charge is -1.89. The zero-order valence-corrected chi connectivity index (χ0v) is 15.8. The minimum atomic E-state index is -0.879. The first kappa shape index (κ1) is 24.9. The summed E-state index contributed by atoms with van der Waals surface area (Å²) in [5.74, 6) is -1.46. The molecule has 0 aromatic heterocycles. The summed E-state index contributed by atoms with van der Waals surface area (Å²) in [4.78, 5) is 29.2. The van der Waals surface area contributed by atoms with Crippen molar-refractivity contribution in [3.8, 4) is 5.75 Å². The van der Waals surface area contributed by atoms with Gasteiger partial charge in [0.1, 0.15) is 12.0 Å². The van der Waals surface area contributed by atoms with Crippen molar-refractivity contribution in [2.24, 2.45) is 0 Å². The highest BCUT2D eigenvalue weighted by atomic mass is 16.4. The lowest BCUT2D eigenvalue weighted by molar-refractivity contribution is -0.134. The van der Waals surface area contributed by atoms with E-state index in [1.54, 1.807) is 66.7 Å². The third kappa shape index (κ3) is 14.7. The van der Waals surface area contributed by atoms with Crippen LogP contribution in [0.4, 0.5) is 5.69 Å². The normalized spacial score (nSPS) is 8.45. The van der Waals surface area contributed by atoms with Crippen molar-refractivity contribution in [1.29, 1.82) is 0 Å². The fourth-order valence-corrected chi connectivity index (χ4v) is 1.59. The van der Waals surface area contributed by atoms with Gasteiger partial charge in [-0.15, -0.1) is 0 Å². The summed E-state index contributed by atoms with van der Waals surface area (Å²) in [5, 5.41) is 24.5. The lowest BCUT2D eigenvalue weighted by Crippen LogP contribution is -1.93. The number of aliphatic carboxylic acids is 1. The van der Waals surface area contributed by atoms with Gasteiger partial charge in [0.2, 0.25) is 0 Å². The number of aromatic carboxylic acids is 1. The molecule has 29 heavy (non-hydrogen) atoms. The first-order valence-electron chi connectivity index (χ1n) is 8.28. The Hall–Kier alpha value is -4.13. The number of aldehydes is 1. The average Bonchev–Trinajstić information content (AvgIpc) is 2.72. The van der Waals surface area contributed by atoms with Gasteiger partial charge in [0.15, 0.2) is 0 Å². The molecule has 0 radical (unpaired) electrons. The molecule has 0 aliphatic rings. The number of benzene rings is 3. The summed E-state index contributed by atoms with van der Waals surface area (Å²) in [5.41, 5.74) is 7.05. The fraction of sp³-hybridized carbons (Fsp3) is 0.0455. The number of phenolic OH excluding ortho intramolecular Hbond substituents is 1. The standard InChI is InChI=1S/C7H6O2.C7H6O.C6H7NO.C2H4O2/c8-7(9)6-4-2-1-3-5-6;8-6-7-4-2-1-3-5-7;7-5-1-3-6(8)4-2-5;1-2(3)4/h1-5H,(H,8,9);1-6H;1-4,8H,7H2;1H3,(H,3,4). The Kier molecular flexibility index (Phi) is 12.8. The van der Waals surface area contributed by atoms with E-state index in [1.807, 2.05) is 18.2 Å². The van der Waals surface area contributed by atoms with Crippen LogP contribution in [0.25, 0.3) is 0 Å². The van der Waals surface area contributed by atoms with Crippen LogP contribution in [0.15, 0.2) is 84.9 Å². The topological polar surface area (TPSA) is 138 Å². The van der Waals surface area contributed by atoms with Gasteiger partial charge in [0.25, 0.3) is 5.97 Å². The van der Waals surface area contributed by atoms with E-state index in [2.05, 4.69) is 0 Å². The van der Waals surface area contributed by atoms with E-state index in [4.69, 9.17) is 25.8 Å². The molecule has 152 valence electrons. The van der Waals surface area contributed by atoms with E-state index in [0.717, 1.165) is 18.8 Å². The molecule has 3 aromatic rings. The van der Waals surface area contributed by atoms with Gasteiger partial charge >= 0.3 is 5.97 Å². The summed E-state index contributed by atoms with van der Waals surface area (Å²) in [6.45, 7) is 1.08. The molecule has 7 heteroatoms. The van der Waals surface area contributed by atoms with Crippen LogP contribution < -0.4 is 5.73 Å². The maximum Gasteiger partial charge on any atom is 0.335 e. The van der Waals surface area contributed by atoms with Crippen LogP contribution in [0.1, 0.15) is 27.6 Å². The third-order valence-corrected chi connectivity index (χ3v) is 2.85. The number of anilines is 1. The van der Waals surface area contributed by atoms with Crippen LogP contribution >= 0.6 is 0 Å².